The molecule has 0 fully saturated rings. The van der Waals surface area contributed by atoms with E-state index in [-0.39, 0.29) is 5.91 Å². The molecule has 2 aromatic rings. The molecule has 0 saturated heterocycles. The molecule has 4 heteroatoms. The van der Waals surface area contributed by atoms with Gasteiger partial charge in [-0.25, -0.2) is 0 Å². The quantitative estimate of drug-likeness (QED) is 0.873. The zero-order valence-corrected chi connectivity index (χ0v) is 12.9. The predicted octanol–water partition coefficient (Wildman–Crippen LogP) is 2.49. The first kappa shape index (κ1) is 14.7. The number of pyridine rings is 1. The molecule has 0 bridgehead atoms. The number of likely N-dealkylation sites (N-methyl/N-ethyl adjacent to an activating group) is 1. The third-order valence-corrected chi connectivity index (χ3v) is 4.05. The van der Waals surface area contributed by atoms with Gasteiger partial charge in [-0.05, 0) is 37.2 Å². The van der Waals surface area contributed by atoms with E-state index in [9.17, 15) is 4.79 Å². The van der Waals surface area contributed by atoms with Crippen LogP contribution in [0.4, 0.5) is 5.69 Å². The molecule has 114 valence electrons. The Morgan fingerprint density at radius 3 is 2.77 bits per heavy atom. The molecule has 0 spiro atoms. The lowest BCUT2D eigenvalue weighted by molar-refractivity contribution is -0.118. The van der Waals surface area contributed by atoms with Crippen LogP contribution in [-0.2, 0) is 17.8 Å². The van der Waals surface area contributed by atoms with Crippen LogP contribution >= 0.6 is 0 Å². The number of carbonyl (C=O) groups excluding carboxylic acids is 1. The monoisotopic (exact) mass is 295 g/mol. The second kappa shape index (κ2) is 6.71. The maximum Gasteiger partial charge on any atom is 0.227 e. The van der Waals surface area contributed by atoms with Crippen LogP contribution in [0.3, 0.4) is 0 Å². The third kappa shape index (κ3) is 3.34. The highest BCUT2D eigenvalue weighted by molar-refractivity contribution is 5.94. The summed E-state index contributed by atoms with van der Waals surface area (Å²) in [6, 6.07) is 14.0. The number of fused-ring (bicyclic) bond motifs is 1. The van der Waals surface area contributed by atoms with Crippen LogP contribution in [-0.4, -0.2) is 35.9 Å². The molecular formula is C18H21N3O. The van der Waals surface area contributed by atoms with Crippen LogP contribution in [0.2, 0.25) is 0 Å². The first-order chi connectivity index (χ1) is 10.7. The average Bonchev–Trinajstić information content (AvgIpc) is 2.72. The first-order valence-electron chi connectivity index (χ1n) is 7.71. The summed E-state index contributed by atoms with van der Waals surface area (Å²) >= 11 is 0. The van der Waals surface area contributed by atoms with Crippen molar-refractivity contribution in [3.05, 3.63) is 59.9 Å². The van der Waals surface area contributed by atoms with Crippen LogP contribution in [0.5, 0.6) is 0 Å². The molecule has 0 atom stereocenters. The number of aryl methyl sites for hydroxylation is 1. The van der Waals surface area contributed by atoms with Crippen LogP contribution in [0.25, 0.3) is 0 Å². The second-order valence-electron chi connectivity index (χ2n) is 5.73. The van der Waals surface area contributed by atoms with Crippen molar-refractivity contribution in [2.24, 2.45) is 0 Å². The highest BCUT2D eigenvalue weighted by Crippen LogP contribution is 2.25. The zero-order valence-electron chi connectivity index (χ0n) is 12.9. The van der Waals surface area contributed by atoms with Gasteiger partial charge < -0.3 is 9.80 Å². The van der Waals surface area contributed by atoms with E-state index in [1.54, 1.807) is 6.20 Å². The molecule has 1 aromatic carbocycles. The number of carbonyl (C=O) groups is 1. The number of rotatable bonds is 3. The van der Waals surface area contributed by atoms with E-state index in [0.717, 1.165) is 31.0 Å². The molecule has 1 aliphatic heterocycles. The average molecular weight is 295 g/mol. The van der Waals surface area contributed by atoms with E-state index in [2.05, 4.69) is 23.0 Å². The maximum absolute atomic E-state index is 12.7. The lowest BCUT2D eigenvalue weighted by Gasteiger charge is -2.22. The van der Waals surface area contributed by atoms with Gasteiger partial charge in [-0.15, -0.1) is 0 Å². The van der Waals surface area contributed by atoms with Crippen LogP contribution in [0.15, 0.2) is 48.7 Å². The number of benzene rings is 1. The van der Waals surface area contributed by atoms with Gasteiger partial charge in [0.2, 0.25) is 5.91 Å². The topological polar surface area (TPSA) is 36.4 Å². The summed E-state index contributed by atoms with van der Waals surface area (Å²) in [5, 5.41) is 0. The van der Waals surface area contributed by atoms with Crippen LogP contribution < -0.4 is 4.90 Å². The summed E-state index contributed by atoms with van der Waals surface area (Å²) in [6.07, 6.45) is 2.96. The van der Waals surface area contributed by atoms with Crippen molar-refractivity contribution in [1.29, 1.82) is 0 Å². The van der Waals surface area contributed by atoms with E-state index in [1.165, 1.54) is 5.56 Å². The largest absolute Gasteiger partial charge is 0.311 e. The number of anilines is 1. The third-order valence-electron chi connectivity index (χ3n) is 4.05. The van der Waals surface area contributed by atoms with Crippen molar-refractivity contribution in [2.75, 3.05) is 25.0 Å². The Bertz CT molecular complexity index is 642. The van der Waals surface area contributed by atoms with Gasteiger partial charge >= 0.3 is 0 Å². The van der Waals surface area contributed by atoms with Gasteiger partial charge in [0, 0.05) is 43.6 Å². The second-order valence-corrected chi connectivity index (χ2v) is 5.73. The molecule has 0 unspecified atom stereocenters. The summed E-state index contributed by atoms with van der Waals surface area (Å²) in [7, 11) is 2.10. The van der Waals surface area contributed by atoms with Gasteiger partial charge in [-0.2, -0.15) is 0 Å². The standard InChI is InChI=1S/C18H21N3O/c1-20-12-13-21(17-8-3-2-6-15(17)14-20)18(22)10-9-16-7-4-5-11-19-16/h2-8,11H,9-10,12-14H2,1H3. The SMILES string of the molecule is CN1CCN(C(=O)CCc2ccccn2)c2ccccc2C1. The minimum absolute atomic E-state index is 0.174. The molecule has 0 N–H and O–H groups in total. The van der Waals surface area contributed by atoms with E-state index in [4.69, 9.17) is 0 Å². The van der Waals surface area contributed by atoms with Crippen LogP contribution in [0, 0.1) is 0 Å². The summed E-state index contributed by atoms with van der Waals surface area (Å²) < 4.78 is 0. The fraction of sp³-hybridized carbons (Fsp3) is 0.333. The highest BCUT2D eigenvalue weighted by atomic mass is 16.2. The van der Waals surface area contributed by atoms with Gasteiger partial charge in [0.25, 0.3) is 0 Å². The summed E-state index contributed by atoms with van der Waals surface area (Å²) in [6.45, 7) is 2.53. The number of para-hydroxylation sites is 1. The van der Waals surface area contributed by atoms with Crippen molar-refractivity contribution in [2.45, 2.75) is 19.4 Å². The van der Waals surface area contributed by atoms with Gasteiger partial charge in [-0.3, -0.25) is 9.78 Å². The smallest absolute Gasteiger partial charge is 0.227 e. The zero-order chi connectivity index (χ0) is 15.4. The van der Waals surface area contributed by atoms with Gasteiger partial charge in [-0.1, -0.05) is 24.3 Å². The predicted molar refractivity (Wildman–Crippen MR) is 87.7 cm³/mol. The van der Waals surface area contributed by atoms with Crippen molar-refractivity contribution in [3.8, 4) is 0 Å². The molecule has 0 saturated carbocycles. The Balaban J connectivity index is 1.74. The molecule has 22 heavy (non-hydrogen) atoms. The van der Waals surface area contributed by atoms with Gasteiger partial charge in [0.05, 0.1) is 0 Å². The highest BCUT2D eigenvalue weighted by Gasteiger charge is 2.22. The molecule has 1 aliphatic rings. The molecule has 3 rings (SSSR count). The Morgan fingerprint density at radius 1 is 1.14 bits per heavy atom. The lowest BCUT2D eigenvalue weighted by atomic mass is 10.1. The van der Waals surface area contributed by atoms with Crippen molar-refractivity contribution in [3.63, 3.8) is 0 Å². The number of hydrogen-bond acceptors (Lipinski definition) is 3. The van der Waals surface area contributed by atoms with Crippen molar-refractivity contribution >= 4 is 11.6 Å². The van der Waals surface area contributed by atoms with Crippen molar-refractivity contribution in [1.82, 2.24) is 9.88 Å². The van der Waals surface area contributed by atoms with E-state index < -0.39 is 0 Å². The summed E-state index contributed by atoms with van der Waals surface area (Å²) in [5.74, 6) is 0.174. The molecular weight excluding hydrogens is 274 g/mol. The summed E-state index contributed by atoms with van der Waals surface area (Å²) in [4.78, 5) is 21.2. The molecule has 2 heterocycles. The number of nitrogens with zero attached hydrogens (tertiary/aromatic N) is 3. The normalized spacial score (nSPS) is 15.2. The van der Waals surface area contributed by atoms with E-state index >= 15 is 0 Å². The fourth-order valence-corrected chi connectivity index (χ4v) is 2.84. The maximum atomic E-state index is 12.7. The molecule has 0 radical (unpaired) electrons. The molecule has 4 nitrogen and oxygen atoms in total. The van der Waals surface area contributed by atoms with E-state index in [0.29, 0.717) is 12.8 Å². The Hall–Kier alpha value is -2.20. The van der Waals surface area contributed by atoms with Gasteiger partial charge in [0.15, 0.2) is 0 Å². The van der Waals surface area contributed by atoms with E-state index in [1.807, 2.05) is 41.3 Å². The Labute approximate surface area is 131 Å². The minimum atomic E-state index is 0.174. The Morgan fingerprint density at radius 2 is 1.95 bits per heavy atom. The van der Waals surface area contributed by atoms with Crippen molar-refractivity contribution < 1.29 is 4.79 Å². The molecule has 1 amide bonds. The molecule has 1 aromatic heterocycles. The minimum Gasteiger partial charge on any atom is -0.311 e. The molecule has 0 aliphatic carbocycles. The fourth-order valence-electron chi connectivity index (χ4n) is 2.84. The Kier molecular flexibility index (Phi) is 4.49. The van der Waals surface area contributed by atoms with Gasteiger partial charge in [0.1, 0.15) is 0 Å². The number of hydrogen-bond donors (Lipinski definition) is 0. The number of amides is 1. The van der Waals surface area contributed by atoms with Crippen LogP contribution in [0.1, 0.15) is 17.7 Å². The lowest BCUT2D eigenvalue weighted by Crippen LogP contribution is -2.35. The summed E-state index contributed by atoms with van der Waals surface area (Å²) in [5.41, 5.74) is 3.24. The number of aromatic nitrogens is 1. The first-order valence-corrected chi connectivity index (χ1v) is 7.71.